The zero-order valence-corrected chi connectivity index (χ0v) is 13.9. The summed E-state index contributed by atoms with van der Waals surface area (Å²) in [6, 6.07) is 15.1. The highest BCUT2D eigenvalue weighted by Crippen LogP contribution is 2.21. The van der Waals surface area contributed by atoms with Crippen molar-refractivity contribution in [3.8, 4) is 0 Å². The second kappa shape index (κ2) is 7.30. The molecule has 2 aromatic carbocycles. The number of piperidine rings is 1. The van der Waals surface area contributed by atoms with E-state index >= 15 is 0 Å². The van der Waals surface area contributed by atoms with Crippen molar-refractivity contribution >= 4 is 23.2 Å². The topological polar surface area (TPSA) is 49.4 Å². The normalized spacial score (nSPS) is 14.5. The summed E-state index contributed by atoms with van der Waals surface area (Å²) < 4.78 is 0. The van der Waals surface area contributed by atoms with Crippen LogP contribution in [-0.2, 0) is 11.2 Å². The minimum Gasteiger partial charge on any atom is -0.322 e. The molecular formula is C20H22N2O2. The van der Waals surface area contributed by atoms with Crippen molar-refractivity contribution in [1.29, 1.82) is 0 Å². The maximum atomic E-state index is 12.4. The van der Waals surface area contributed by atoms with E-state index in [9.17, 15) is 9.59 Å². The summed E-state index contributed by atoms with van der Waals surface area (Å²) in [6.45, 7) is 2.84. The van der Waals surface area contributed by atoms with E-state index < -0.39 is 0 Å². The fourth-order valence-corrected chi connectivity index (χ4v) is 2.94. The Kier molecular flexibility index (Phi) is 4.94. The van der Waals surface area contributed by atoms with Gasteiger partial charge in [-0.3, -0.25) is 9.59 Å². The van der Waals surface area contributed by atoms with Crippen LogP contribution in [-0.4, -0.2) is 18.4 Å². The summed E-state index contributed by atoms with van der Waals surface area (Å²) in [6.07, 6.45) is 3.53. The molecule has 0 atom stereocenters. The fraction of sp³-hybridized carbons (Fsp3) is 0.300. The monoisotopic (exact) mass is 322 g/mol. The summed E-state index contributed by atoms with van der Waals surface area (Å²) in [5.74, 6) is 0.0228. The molecule has 0 aliphatic carbocycles. The first-order chi connectivity index (χ1) is 11.7. The molecule has 3 rings (SSSR count). The van der Waals surface area contributed by atoms with Gasteiger partial charge in [-0.2, -0.15) is 0 Å². The summed E-state index contributed by atoms with van der Waals surface area (Å²) in [5.41, 5.74) is 3.44. The van der Waals surface area contributed by atoms with Crippen LogP contribution in [0.15, 0.2) is 48.5 Å². The lowest BCUT2D eigenvalue weighted by atomic mass is 10.1. The number of amides is 2. The number of nitrogens with zero attached hydrogens (tertiary/aromatic N) is 1. The van der Waals surface area contributed by atoms with Crippen molar-refractivity contribution in [2.24, 2.45) is 0 Å². The molecule has 0 aromatic heterocycles. The van der Waals surface area contributed by atoms with E-state index in [2.05, 4.69) is 12.2 Å². The Hall–Kier alpha value is -2.62. The van der Waals surface area contributed by atoms with E-state index in [1.807, 2.05) is 36.4 Å². The van der Waals surface area contributed by atoms with Crippen LogP contribution in [0.25, 0.3) is 0 Å². The van der Waals surface area contributed by atoms with Gasteiger partial charge in [0.05, 0.1) is 0 Å². The third kappa shape index (κ3) is 3.65. The van der Waals surface area contributed by atoms with Crippen molar-refractivity contribution in [3.05, 3.63) is 59.7 Å². The minimum absolute atomic E-state index is 0.139. The van der Waals surface area contributed by atoms with Gasteiger partial charge in [0, 0.05) is 29.9 Å². The fourth-order valence-electron chi connectivity index (χ4n) is 2.94. The number of hydrogen-bond acceptors (Lipinski definition) is 2. The number of hydrogen-bond donors (Lipinski definition) is 1. The van der Waals surface area contributed by atoms with E-state index in [0.29, 0.717) is 12.0 Å². The second-order valence-corrected chi connectivity index (χ2v) is 6.06. The highest BCUT2D eigenvalue weighted by molar-refractivity contribution is 6.04. The van der Waals surface area contributed by atoms with Gasteiger partial charge in [0.1, 0.15) is 0 Å². The molecule has 1 fully saturated rings. The lowest BCUT2D eigenvalue weighted by Crippen LogP contribution is -2.35. The molecule has 1 saturated heterocycles. The molecule has 0 saturated carbocycles. The molecule has 4 heteroatoms. The SMILES string of the molecule is CCc1cccc(NC(=O)c2ccc(N3CCCCC3=O)cc2)c1. The van der Waals surface area contributed by atoms with Crippen LogP contribution in [0.2, 0.25) is 0 Å². The van der Waals surface area contributed by atoms with Gasteiger partial charge in [-0.25, -0.2) is 0 Å². The molecule has 124 valence electrons. The largest absolute Gasteiger partial charge is 0.322 e. The molecule has 24 heavy (non-hydrogen) atoms. The Morgan fingerprint density at radius 3 is 2.62 bits per heavy atom. The van der Waals surface area contributed by atoms with Gasteiger partial charge in [0.15, 0.2) is 0 Å². The summed E-state index contributed by atoms with van der Waals surface area (Å²) in [4.78, 5) is 26.1. The maximum Gasteiger partial charge on any atom is 0.255 e. The average molecular weight is 322 g/mol. The quantitative estimate of drug-likeness (QED) is 0.924. The Morgan fingerprint density at radius 1 is 1.12 bits per heavy atom. The first-order valence-electron chi connectivity index (χ1n) is 8.48. The van der Waals surface area contributed by atoms with Gasteiger partial charge in [-0.15, -0.1) is 0 Å². The zero-order chi connectivity index (χ0) is 16.9. The van der Waals surface area contributed by atoms with Crippen LogP contribution in [0.1, 0.15) is 42.1 Å². The molecule has 0 bridgehead atoms. The third-order valence-electron chi connectivity index (χ3n) is 4.36. The summed E-state index contributed by atoms with van der Waals surface area (Å²) in [7, 11) is 0. The van der Waals surface area contributed by atoms with Crippen molar-refractivity contribution in [2.45, 2.75) is 32.6 Å². The predicted octanol–water partition coefficient (Wildman–Crippen LogP) is 4.02. The standard InChI is InChI=1S/C20H22N2O2/c1-2-15-6-5-7-17(14-15)21-20(24)16-9-11-18(12-10-16)22-13-4-3-8-19(22)23/h5-7,9-12,14H,2-4,8,13H2,1H3,(H,21,24). The molecular weight excluding hydrogens is 300 g/mol. The number of carbonyl (C=O) groups is 2. The number of nitrogens with one attached hydrogen (secondary N) is 1. The van der Waals surface area contributed by atoms with E-state index in [4.69, 9.17) is 0 Å². The average Bonchev–Trinajstić information content (AvgIpc) is 2.62. The highest BCUT2D eigenvalue weighted by Gasteiger charge is 2.19. The Balaban J connectivity index is 1.70. The molecule has 0 spiro atoms. The Bertz CT molecular complexity index is 738. The van der Waals surface area contributed by atoms with Gasteiger partial charge in [0.2, 0.25) is 5.91 Å². The van der Waals surface area contributed by atoms with Crippen molar-refractivity contribution < 1.29 is 9.59 Å². The molecule has 0 unspecified atom stereocenters. The van der Waals surface area contributed by atoms with E-state index in [-0.39, 0.29) is 11.8 Å². The van der Waals surface area contributed by atoms with Gasteiger partial charge in [0.25, 0.3) is 5.91 Å². The van der Waals surface area contributed by atoms with Gasteiger partial charge in [-0.05, 0) is 61.2 Å². The molecule has 1 aliphatic heterocycles. The molecule has 0 radical (unpaired) electrons. The molecule has 2 amide bonds. The lowest BCUT2D eigenvalue weighted by Gasteiger charge is -2.26. The molecule has 4 nitrogen and oxygen atoms in total. The molecule has 1 N–H and O–H groups in total. The smallest absolute Gasteiger partial charge is 0.255 e. The maximum absolute atomic E-state index is 12.4. The van der Waals surface area contributed by atoms with Crippen molar-refractivity contribution in [1.82, 2.24) is 0 Å². The van der Waals surface area contributed by atoms with Crippen LogP contribution < -0.4 is 10.2 Å². The number of rotatable bonds is 4. The van der Waals surface area contributed by atoms with Gasteiger partial charge < -0.3 is 10.2 Å². The van der Waals surface area contributed by atoms with Crippen LogP contribution in [0.5, 0.6) is 0 Å². The van der Waals surface area contributed by atoms with Crippen LogP contribution in [0.3, 0.4) is 0 Å². The minimum atomic E-state index is -0.139. The lowest BCUT2D eigenvalue weighted by molar-refractivity contribution is -0.119. The Morgan fingerprint density at radius 2 is 1.92 bits per heavy atom. The number of carbonyl (C=O) groups excluding carboxylic acids is 2. The van der Waals surface area contributed by atoms with Crippen molar-refractivity contribution in [2.75, 3.05) is 16.8 Å². The molecule has 1 aliphatic rings. The number of anilines is 2. The van der Waals surface area contributed by atoms with Crippen LogP contribution in [0.4, 0.5) is 11.4 Å². The van der Waals surface area contributed by atoms with Crippen LogP contribution in [0, 0.1) is 0 Å². The Labute approximate surface area is 142 Å². The summed E-state index contributed by atoms with van der Waals surface area (Å²) >= 11 is 0. The molecule has 1 heterocycles. The van der Waals surface area contributed by atoms with Gasteiger partial charge >= 0.3 is 0 Å². The highest BCUT2D eigenvalue weighted by atomic mass is 16.2. The number of benzene rings is 2. The first-order valence-corrected chi connectivity index (χ1v) is 8.48. The first kappa shape index (κ1) is 16.2. The molecule has 2 aromatic rings. The van der Waals surface area contributed by atoms with E-state index in [1.165, 1.54) is 5.56 Å². The zero-order valence-electron chi connectivity index (χ0n) is 13.9. The predicted molar refractivity (Wildman–Crippen MR) is 96.4 cm³/mol. The third-order valence-corrected chi connectivity index (χ3v) is 4.36. The summed E-state index contributed by atoms with van der Waals surface area (Å²) in [5, 5.41) is 2.92. The van der Waals surface area contributed by atoms with Crippen molar-refractivity contribution in [3.63, 3.8) is 0 Å². The number of aryl methyl sites for hydroxylation is 1. The van der Waals surface area contributed by atoms with Gasteiger partial charge in [-0.1, -0.05) is 19.1 Å². The second-order valence-electron chi connectivity index (χ2n) is 6.06. The van der Waals surface area contributed by atoms with E-state index in [0.717, 1.165) is 37.2 Å². The van der Waals surface area contributed by atoms with Crippen LogP contribution >= 0.6 is 0 Å². The van der Waals surface area contributed by atoms with E-state index in [1.54, 1.807) is 17.0 Å².